The molecule has 3 rings (SSSR count). The smallest absolute Gasteiger partial charge is 0.118 e. The molecule has 1 aliphatic carbocycles. The third kappa shape index (κ3) is 3.99. The number of pyridine rings is 1. The van der Waals surface area contributed by atoms with E-state index in [1.165, 1.54) is 28.9 Å². The molecule has 0 atom stereocenters. The maximum atomic E-state index is 5.18. The number of aromatic nitrogens is 1. The van der Waals surface area contributed by atoms with Crippen molar-refractivity contribution in [2.45, 2.75) is 42.3 Å². The van der Waals surface area contributed by atoms with E-state index in [1.807, 2.05) is 18.3 Å². The molecular weight excluding hydrogens is 280 g/mol. The fourth-order valence-corrected chi connectivity index (χ4v) is 2.95. The first-order chi connectivity index (χ1) is 10.2. The number of hydrogen-bond donors (Lipinski definition) is 1. The van der Waals surface area contributed by atoms with Crippen LogP contribution in [-0.2, 0) is 6.54 Å². The lowest BCUT2D eigenvalue weighted by Crippen LogP contribution is -2.15. The maximum absolute atomic E-state index is 5.18. The minimum atomic E-state index is 0.735. The molecule has 1 heterocycles. The lowest BCUT2D eigenvalue weighted by Gasteiger charge is -2.08. The Bertz CT molecular complexity index is 609. The summed E-state index contributed by atoms with van der Waals surface area (Å²) in [6.45, 7) is 3.05. The number of nitrogens with one attached hydrogen (secondary N) is 1. The lowest BCUT2D eigenvalue weighted by atomic mass is 10.2. The summed E-state index contributed by atoms with van der Waals surface area (Å²) in [4.78, 5) is 5.78. The summed E-state index contributed by atoms with van der Waals surface area (Å²) in [6, 6.07) is 11.0. The molecule has 1 saturated carbocycles. The van der Waals surface area contributed by atoms with Crippen molar-refractivity contribution in [1.82, 2.24) is 10.3 Å². The molecule has 0 unspecified atom stereocenters. The van der Waals surface area contributed by atoms with Gasteiger partial charge in [-0.25, -0.2) is 4.98 Å². The van der Waals surface area contributed by atoms with Crippen LogP contribution in [0.15, 0.2) is 46.5 Å². The summed E-state index contributed by atoms with van der Waals surface area (Å²) in [7, 11) is 1.68. The topological polar surface area (TPSA) is 34.1 Å². The molecule has 1 N–H and O–H groups in total. The number of benzene rings is 1. The Morgan fingerprint density at radius 2 is 2.05 bits per heavy atom. The zero-order valence-electron chi connectivity index (χ0n) is 12.4. The van der Waals surface area contributed by atoms with Gasteiger partial charge in [-0.2, -0.15) is 0 Å². The van der Waals surface area contributed by atoms with Crippen LogP contribution in [0.2, 0.25) is 0 Å². The van der Waals surface area contributed by atoms with Crippen molar-refractivity contribution in [3.05, 3.63) is 47.7 Å². The van der Waals surface area contributed by atoms with Crippen LogP contribution in [0.5, 0.6) is 5.75 Å². The van der Waals surface area contributed by atoms with Crippen molar-refractivity contribution >= 4 is 11.8 Å². The molecule has 0 aliphatic heterocycles. The molecule has 4 heteroatoms. The predicted molar refractivity (Wildman–Crippen MR) is 86.0 cm³/mol. The first-order valence-corrected chi connectivity index (χ1v) is 8.07. The first kappa shape index (κ1) is 14.4. The Balaban J connectivity index is 1.66. The Kier molecular flexibility index (Phi) is 4.46. The second kappa shape index (κ2) is 6.50. The normalized spacial score (nSPS) is 14.2. The highest BCUT2D eigenvalue weighted by Crippen LogP contribution is 2.30. The number of hydrogen-bond acceptors (Lipinski definition) is 4. The molecular formula is C17H20N2OS. The molecule has 1 aromatic heterocycles. The van der Waals surface area contributed by atoms with Gasteiger partial charge in [0.25, 0.3) is 0 Å². The summed E-state index contributed by atoms with van der Waals surface area (Å²) in [6.07, 6.45) is 4.61. The Hall–Kier alpha value is -1.52. The van der Waals surface area contributed by atoms with Crippen LogP contribution in [0.3, 0.4) is 0 Å². The zero-order chi connectivity index (χ0) is 14.7. The van der Waals surface area contributed by atoms with E-state index in [-0.39, 0.29) is 0 Å². The molecule has 1 aliphatic rings. The van der Waals surface area contributed by atoms with Gasteiger partial charge in [-0.3, -0.25) is 0 Å². The van der Waals surface area contributed by atoms with Crippen molar-refractivity contribution in [1.29, 1.82) is 0 Å². The van der Waals surface area contributed by atoms with Crippen molar-refractivity contribution in [3.8, 4) is 5.75 Å². The largest absolute Gasteiger partial charge is 0.497 e. The van der Waals surface area contributed by atoms with E-state index in [0.29, 0.717) is 0 Å². The molecule has 0 radical (unpaired) electrons. The zero-order valence-corrected chi connectivity index (χ0v) is 13.2. The van der Waals surface area contributed by atoms with Crippen molar-refractivity contribution in [3.63, 3.8) is 0 Å². The van der Waals surface area contributed by atoms with E-state index in [1.54, 1.807) is 18.9 Å². The van der Waals surface area contributed by atoms with Crippen LogP contribution >= 0.6 is 11.8 Å². The summed E-state index contributed by atoms with van der Waals surface area (Å²) in [5, 5.41) is 4.59. The Labute approximate surface area is 130 Å². The highest BCUT2D eigenvalue weighted by atomic mass is 32.2. The van der Waals surface area contributed by atoms with E-state index < -0.39 is 0 Å². The molecule has 2 aromatic rings. The molecule has 1 fully saturated rings. The van der Waals surface area contributed by atoms with Crippen molar-refractivity contribution in [2.24, 2.45) is 0 Å². The fraction of sp³-hybridized carbons (Fsp3) is 0.353. The minimum Gasteiger partial charge on any atom is -0.497 e. The molecule has 3 nitrogen and oxygen atoms in total. The Morgan fingerprint density at radius 3 is 2.67 bits per heavy atom. The van der Waals surface area contributed by atoms with E-state index >= 15 is 0 Å². The average Bonchev–Trinajstić information content (AvgIpc) is 3.33. The van der Waals surface area contributed by atoms with E-state index in [4.69, 9.17) is 4.74 Å². The van der Waals surface area contributed by atoms with E-state index in [9.17, 15) is 0 Å². The number of nitrogens with zero attached hydrogens (tertiary/aromatic N) is 1. The van der Waals surface area contributed by atoms with E-state index in [0.717, 1.165) is 23.4 Å². The Morgan fingerprint density at radius 1 is 1.29 bits per heavy atom. The number of rotatable bonds is 6. The molecule has 21 heavy (non-hydrogen) atoms. The summed E-state index contributed by atoms with van der Waals surface area (Å²) >= 11 is 1.69. The highest BCUT2D eigenvalue weighted by Gasteiger charge is 2.20. The van der Waals surface area contributed by atoms with Gasteiger partial charge in [0.15, 0.2) is 0 Å². The number of aryl methyl sites for hydroxylation is 1. The van der Waals surface area contributed by atoms with Gasteiger partial charge in [-0.15, -0.1) is 0 Å². The minimum absolute atomic E-state index is 0.735. The summed E-state index contributed by atoms with van der Waals surface area (Å²) in [5.41, 5.74) is 2.49. The van der Waals surface area contributed by atoms with Gasteiger partial charge < -0.3 is 10.1 Å². The van der Waals surface area contributed by atoms with Crippen LogP contribution < -0.4 is 10.1 Å². The monoisotopic (exact) mass is 300 g/mol. The predicted octanol–water partition coefficient (Wildman–Crippen LogP) is 3.80. The maximum Gasteiger partial charge on any atom is 0.118 e. The second-order valence-electron chi connectivity index (χ2n) is 5.40. The third-order valence-corrected chi connectivity index (χ3v) is 4.66. The van der Waals surface area contributed by atoms with Crippen LogP contribution in [0, 0.1) is 6.92 Å². The van der Waals surface area contributed by atoms with Gasteiger partial charge in [0.05, 0.1) is 7.11 Å². The first-order valence-electron chi connectivity index (χ1n) is 7.25. The SMILES string of the molecule is COc1ccc(Sc2ncc(CNC3CC3)cc2C)cc1. The average molecular weight is 300 g/mol. The molecule has 1 aromatic carbocycles. The van der Waals surface area contributed by atoms with Gasteiger partial charge in [0, 0.05) is 23.7 Å². The van der Waals surface area contributed by atoms with Crippen LogP contribution in [0.4, 0.5) is 0 Å². The van der Waals surface area contributed by atoms with Crippen LogP contribution in [-0.4, -0.2) is 18.1 Å². The fourth-order valence-electron chi connectivity index (χ4n) is 2.13. The molecule has 0 bridgehead atoms. The summed E-state index contributed by atoms with van der Waals surface area (Å²) < 4.78 is 5.18. The van der Waals surface area contributed by atoms with Gasteiger partial charge in [-0.1, -0.05) is 17.8 Å². The van der Waals surface area contributed by atoms with Gasteiger partial charge in [0.1, 0.15) is 10.8 Å². The molecule has 0 spiro atoms. The quantitative estimate of drug-likeness (QED) is 0.880. The van der Waals surface area contributed by atoms with Crippen LogP contribution in [0.1, 0.15) is 24.0 Å². The van der Waals surface area contributed by atoms with Crippen LogP contribution in [0.25, 0.3) is 0 Å². The lowest BCUT2D eigenvalue weighted by molar-refractivity contribution is 0.414. The van der Waals surface area contributed by atoms with Crippen molar-refractivity contribution in [2.75, 3.05) is 7.11 Å². The standard InChI is InChI=1S/C17H20N2OS/c1-12-9-13(10-18-14-3-4-14)11-19-17(12)21-16-7-5-15(20-2)6-8-16/h5-9,11,14,18H,3-4,10H2,1-2H3. The number of methoxy groups -OCH3 is 1. The van der Waals surface area contributed by atoms with Gasteiger partial charge in [0.2, 0.25) is 0 Å². The molecule has 0 amide bonds. The summed E-state index contributed by atoms with van der Waals surface area (Å²) in [5.74, 6) is 0.880. The second-order valence-corrected chi connectivity index (χ2v) is 6.46. The van der Waals surface area contributed by atoms with Gasteiger partial charge >= 0.3 is 0 Å². The number of ether oxygens (including phenoxy) is 1. The third-order valence-electron chi connectivity index (χ3n) is 3.53. The molecule has 0 saturated heterocycles. The van der Waals surface area contributed by atoms with Gasteiger partial charge in [-0.05, 0) is 55.2 Å². The molecule has 110 valence electrons. The van der Waals surface area contributed by atoms with Crippen molar-refractivity contribution < 1.29 is 4.74 Å². The van der Waals surface area contributed by atoms with E-state index in [2.05, 4.69) is 35.4 Å². The highest BCUT2D eigenvalue weighted by molar-refractivity contribution is 7.99.